The fourth-order valence-electron chi connectivity index (χ4n) is 2.92. The van der Waals surface area contributed by atoms with Crippen LogP contribution in [-0.4, -0.2) is 48.2 Å². The molecule has 1 amide bonds. The van der Waals surface area contributed by atoms with Gasteiger partial charge in [0.2, 0.25) is 12.2 Å². The first-order chi connectivity index (χ1) is 17.2. The number of rotatable bonds is 9. The summed E-state index contributed by atoms with van der Waals surface area (Å²) >= 11 is 11.6. The number of carboxylic acid groups (broad SMARTS) is 1. The number of amides is 1. The smallest absolute Gasteiger partial charge is 0.349 e. The molecule has 0 radical (unpaired) electrons. The quantitative estimate of drug-likeness (QED) is 0.387. The van der Waals surface area contributed by atoms with E-state index in [-0.39, 0.29) is 16.8 Å². The maximum absolute atomic E-state index is 13.1. The molecule has 0 aromatic heterocycles. The number of anilines is 1. The minimum Gasteiger partial charge on any atom is -0.497 e. The molecule has 0 spiro atoms. The fraction of sp³-hybridized carbons (Fsp3) is 0.120. The lowest BCUT2D eigenvalue weighted by atomic mass is 10.1. The van der Waals surface area contributed by atoms with Crippen LogP contribution >= 0.6 is 23.2 Å². The van der Waals surface area contributed by atoms with Gasteiger partial charge in [0.15, 0.2) is 0 Å². The van der Waals surface area contributed by atoms with Crippen molar-refractivity contribution in [3.05, 3.63) is 94.0 Å². The zero-order chi connectivity index (χ0) is 26.2. The summed E-state index contributed by atoms with van der Waals surface area (Å²) in [7, 11) is 1.46. The number of aliphatic carboxylic acids is 1. The largest absolute Gasteiger partial charge is 0.497 e. The van der Waals surface area contributed by atoms with Gasteiger partial charge in [0.05, 0.1) is 18.2 Å². The standard InChI is InChI=1S/C25H19Cl2NO8/c1-34-19-12-10-18(11-13-19)28-22(29)20(35-24(32)14-2-6-16(26)7-3-14)21(23(30)31)36-25(33)15-4-8-17(27)9-5-15/h2-13,20-21H,1H3,(H,28,29)(H,30,31)/t20-,21+/m1/s1. The van der Waals surface area contributed by atoms with Gasteiger partial charge < -0.3 is 24.6 Å². The average Bonchev–Trinajstić information content (AvgIpc) is 2.87. The number of methoxy groups -OCH3 is 1. The molecule has 0 unspecified atom stereocenters. The molecule has 0 saturated carbocycles. The molecule has 0 aliphatic heterocycles. The molecule has 0 heterocycles. The third kappa shape index (κ3) is 6.97. The lowest BCUT2D eigenvalue weighted by Crippen LogP contribution is -2.48. The zero-order valence-electron chi connectivity index (χ0n) is 18.6. The van der Waals surface area contributed by atoms with E-state index in [2.05, 4.69) is 5.32 Å². The van der Waals surface area contributed by atoms with Crippen LogP contribution in [-0.2, 0) is 19.1 Å². The molecule has 2 N–H and O–H groups in total. The summed E-state index contributed by atoms with van der Waals surface area (Å²) < 4.78 is 15.4. The van der Waals surface area contributed by atoms with E-state index in [0.29, 0.717) is 15.8 Å². The first-order valence-corrected chi connectivity index (χ1v) is 11.0. The molecule has 0 fully saturated rings. The van der Waals surface area contributed by atoms with Crippen LogP contribution in [0.3, 0.4) is 0 Å². The minimum atomic E-state index is -2.18. The highest BCUT2D eigenvalue weighted by atomic mass is 35.5. The Bertz CT molecular complexity index is 1240. The molecule has 0 saturated heterocycles. The first kappa shape index (κ1) is 26.5. The Labute approximate surface area is 215 Å². The number of hydrogen-bond donors (Lipinski definition) is 2. The Balaban J connectivity index is 1.89. The van der Waals surface area contributed by atoms with Crippen molar-refractivity contribution in [3.8, 4) is 5.75 Å². The third-order valence-electron chi connectivity index (χ3n) is 4.76. The second kappa shape index (κ2) is 12.1. The average molecular weight is 532 g/mol. The molecule has 11 heteroatoms. The number of halogens is 2. The van der Waals surface area contributed by atoms with Crippen molar-refractivity contribution in [1.82, 2.24) is 0 Å². The van der Waals surface area contributed by atoms with Gasteiger partial charge in [0.1, 0.15) is 5.75 Å². The number of benzene rings is 3. The van der Waals surface area contributed by atoms with Crippen LogP contribution in [0.25, 0.3) is 0 Å². The van der Waals surface area contributed by atoms with Crippen LogP contribution in [0.5, 0.6) is 5.75 Å². The number of carboxylic acids is 1. The highest BCUT2D eigenvalue weighted by Gasteiger charge is 2.41. The van der Waals surface area contributed by atoms with Crippen molar-refractivity contribution in [3.63, 3.8) is 0 Å². The number of nitrogens with one attached hydrogen (secondary N) is 1. The molecule has 2 atom stereocenters. The maximum Gasteiger partial charge on any atom is 0.349 e. The normalized spacial score (nSPS) is 12.1. The van der Waals surface area contributed by atoms with Crippen molar-refractivity contribution >= 4 is 52.7 Å². The van der Waals surface area contributed by atoms with Gasteiger partial charge in [-0.2, -0.15) is 0 Å². The number of carbonyl (C=O) groups excluding carboxylic acids is 3. The molecule has 9 nitrogen and oxygen atoms in total. The predicted molar refractivity (Wildman–Crippen MR) is 131 cm³/mol. The summed E-state index contributed by atoms with van der Waals surface area (Å²) in [5.74, 6) is -4.34. The highest BCUT2D eigenvalue weighted by Crippen LogP contribution is 2.19. The monoisotopic (exact) mass is 531 g/mol. The molecule has 0 bridgehead atoms. The number of ether oxygens (including phenoxy) is 3. The van der Waals surface area contributed by atoms with Crippen molar-refractivity contribution in [2.24, 2.45) is 0 Å². The Morgan fingerprint density at radius 2 is 1.17 bits per heavy atom. The lowest BCUT2D eigenvalue weighted by molar-refractivity contribution is -0.157. The minimum absolute atomic E-state index is 0.00480. The first-order valence-electron chi connectivity index (χ1n) is 10.3. The molecular formula is C25H19Cl2NO8. The van der Waals surface area contributed by atoms with E-state index in [4.69, 9.17) is 37.4 Å². The van der Waals surface area contributed by atoms with Crippen molar-refractivity contribution < 1.29 is 38.5 Å². The van der Waals surface area contributed by atoms with E-state index in [1.165, 1.54) is 67.8 Å². The molecule has 0 aliphatic carbocycles. The van der Waals surface area contributed by atoms with E-state index >= 15 is 0 Å². The Hall–Kier alpha value is -4.08. The zero-order valence-corrected chi connectivity index (χ0v) is 20.2. The summed E-state index contributed by atoms with van der Waals surface area (Å²) in [6, 6.07) is 17.0. The maximum atomic E-state index is 13.1. The number of carbonyl (C=O) groups is 4. The van der Waals surface area contributed by atoms with Gasteiger partial charge in [0, 0.05) is 15.7 Å². The van der Waals surface area contributed by atoms with Crippen molar-refractivity contribution in [1.29, 1.82) is 0 Å². The van der Waals surface area contributed by atoms with Gasteiger partial charge in [0.25, 0.3) is 5.91 Å². The Kier molecular flexibility index (Phi) is 8.88. The van der Waals surface area contributed by atoms with E-state index in [1.807, 2.05) is 0 Å². The van der Waals surface area contributed by atoms with Crippen LogP contribution in [0.2, 0.25) is 10.0 Å². The SMILES string of the molecule is COc1ccc(NC(=O)[C@H](OC(=O)c2ccc(Cl)cc2)[C@H](OC(=O)c2ccc(Cl)cc2)C(=O)O)cc1. The third-order valence-corrected chi connectivity index (χ3v) is 5.27. The van der Waals surface area contributed by atoms with E-state index in [9.17, 15) is 24.3 Å². The van der Waals surface area contributed by atoms with Gasteiger partial charge in [-0.15, -0.1) is 0 Å². The number of esters is 2. The summed E-state index contributed by atoms with van der Waals surface area (Å²) in [6.07, 6.45) is -4.23. The summed E-state index contributed by atoms with van der Waals surface area (Å²) in [6.45, 7) is 0. The molecule has 3 aromatic carbocycles. The molecule has 0 aliphatic rings. The molecule has 3 aromatic rings. The van der Waals surface area contributed by atoms with Crippen LogP contribution < -0.4 is 10.1 Å². The second-order valence-corrected chi connectivity index (χ2v) is 8.09. The molecular weight excluding hydrogens is 513 g/mol. The van der Waals surface area contributed by atoms with E-state index in [0.717, 1.165) is 0 Å². The summed E-state index contributed by atoms with van der Waals surface area (Å²) in [5, 5.41) is 12.9. The van der Waals surface area contributed by atoms with Gasteiger partial charge >= 0.3 is 17.9 Å². The summed E-state index contributed by atoms with van der Waals surface area (Å²) in [4.78, 5) is 50.5. The highest BCUT2D eigenvalue weighted by molar-refractivity contribution is 6.31. The van der Waals surface area contributed by atoms with Crippen LogP contribution in [0.4, 0.5) is 5.69 Å². The Morgan fingerprint density at radius 3 is 1.58 bits per heavy atom. The predicted octanol–water partition coefficient (Wildman–Crippen LogP) is 4.48. The van der Waals surface area contributed by atoms with Crippen LogP contribution in [0.15, 0.2) is 72.8 Å². The van der Waals surface area contributed by atoms with Gasteiger partial charge in [-0.3, -0.25) is 4.79 Å². The van der Waals surface area contributed by atoms with Gasteiger partial charge in [-0.05, 0) is 72.8 Å². The van der Waals surface area contributed by atoms with Crippen LogP contribution in [0.1, 0.15) is 20.7 Å². The lowest BCUT2D eigenvalue weighted by Gasteiger charge is -2.23. The molecule has 3 rings (SSSR count). The van der Waals surface area contributed by atoms with Gasteiger partial charge in [-0.1, -0.05) is 23.2 Å². The van der Waals surface area contributed by atoms with Gasteiger partial charge in [-0.25, -0.2) is 14.4 Å². The van der Waals surface area contributed by atoms with Crippen molar-refractivity contribution in [2.45, 2.75) is 12.2 Å². The fourth-order valence-corrected chi connectivity index (χ4v) is 3.17. The van der Waals surface area contributed by atoms with E-state index < -0.39 is 36.0 Å². The summed E-state index contributed by atoms with van der Waals surface area (Å²) in [5.41, 5.74) is 0.223. The molecule has 36 heavy (non-hydrogen) atoms. The molecule has 186 valence electrons. The Morgan fingerprint density at radius 1 is 0.722 bits per heavy atom. The topological polar surface area (TPSA) is 128 Å². The van der Waals surface area contributed by atoms with E-state index in [1.54, 1.807) is 12.1 Å². The second-order valence-electron chi connectivity index (χ2n) is 7.22. The number of hydrogen-bond acceptors (Lipinski definition) is 7. The van der Waals surface area contributed by atoms with Crippen molar-refractivity contribution in [2.75, 3.05) is 12.4 Å². The van der Waals surface area contributed by atoms with Crippen LogP contribution in [0, 0.1) is 0 Å².